The normalized spacial score (nSPS) is 27.2. The number of piperazine rings is 1. The molecule has 0 aromatic heterocycles. The second-order valence-electron chi connectivity index (χ2n) is 5.30. The lowest BCUT2D eigenvalue weighted by Crippen LogP contribution is -2.47. The fourth-order valence-corrected chi connectivity index (χ4v) is 2.67. The van der Waals surface area contributed by atoms with Gasteiger partial charge in [0.05, 0.1) is 0 Å². The Balaban J connectivity index is 1.82. The van der Waals surface area contributed by atoms with Crippen LogP contribution < -0.4 is 0 Å². The van der Waals surface area contributed by atoms with E-state index in [9.17, 15) is 9.59 Å². The molecule has 1 heterocycles. The third kappa shape index (κ3) is 3.28. The van der Waals surface area contributed by atoms with Crippen LogP contribution in [0.5, 0.6) is 0 Å². The molecule has 0 spiro atoms. The SMILES string of the molecule is CN1CCN(C(=O)CC2CCCCC2=O)CC1. The molecule has 1 atom stereocenters. The van der Waals surface area contributed by atoms with Crippen LogP contribution in [0.2, 0.25) is 0 Å². The number of amides is 1. The molecule has 1 amide bonds. The monoisotopic (exact) mass is 238 g/mol. The molecule has 4 nitrogen and oxygen atoms in total. The van der Waals surface area contributed by atoms with Gasteiger partial charge in [0.2, 0.25) is 5.91 Å². The Bertz CT molecular complexity index is 296. The van der Waals surface area contributed by atoms with E-state index in [0.717, 1.165) is 45.4 Å². The van der Waals surface area contributed by atoms with Crippen molar-refractivity contribution in [2.75, 3.05) is 33.2 Å². The summed E-state index contributed by atoms with van der Waals surface area (Å²) in [7, 11) is 2.08. The van der Waals surface area contributed by atoms with E-state index in [0.29, 0.717) is 18.6 Å². The van der Waals surface area contributed by atoms with Crippen molar-refractivity contribution in [1.82, 2.24) is 9.80 Å². The second kappa shape index (κ2) is 5.63. The van der Waals surface area contributed by atoms with E-state index >= 15 is 0 Å². The molecule has 0 N–H and O–H groups in total. The molecule has 2 rings (SSSR count). The van der Waals surface area contributed by atoms with Crippen LogP contribution in [-0.4, -0.2) is 54.7 Å². The summed E-state index contributed by atoms with van der Waals surface area (Å²) in [5.41, 5.74) is 0. The highest BCUT2D eigenvalue weighted by Crippen LogP contribution is 2.24. The lowest BCUT2D eigenvalue weighted by Gasteiger charge is -2.33. The Morgan fingerprint density at radius 1 is 1.24 bits per heavy atom. The molecule has 2 fully saturated rings. The molecule has 1 saturated carbocycles. The van der Waals surface area contributed by atoms with Crippen molar-refractivity contribution in [2.45, 2.75) is 32.1 Å². The number of Topliss-reactive ketones (excluding diaryl/α,β-unsaturated/α-hetero) is 1. The van der Waals surface area contributed by atoms with Crippen molar-refractivity contribution in [2.24, 2.45) is 5.92 Å². The minimum Gasteiger partial charge on any atom is -0.340 e. The number of likely N-dealkylation sites (N-methyl/N-ethyl adjacent to an activating group) is 1. The van der Waals surface area contributed by atoms with Gasteiger partial charge in [-0.1, -0.05) is 6.42 Å². The zero-order chi connectivity index (χ0) is 12.3. The minimum absolute atomic E-state index is 0.0101. The number of hydrogen-bond donors (Lipinski definition) is 0. The summed E-state index contributed by atoms with van der Waals surface area (Å²) in [5, 5.41) is 0. The molecule has 96 valence electrons. The highest BCUT2D eigenvalue weighted by molar-refractivity contribution is 5.87. The number of hydrogen-bond acceptors (Lipinski definition) is 3. The van der Waals surface area contributed by atoms with Crippen LogP contribution in [0, 0.1) is 5.92 Å². The minimum atomic E-state index is 0.0101. The molecule has 2 aliphatic rings. The molecule has 0 radical (unpaired) electrons. The highest BCUT2D eigenvalue weighted by atomic mass is 16.2. The summed E-state index contributed by atoms with van der Waals surface area (Å²) in [6.07, 6.45) is 4.16. The summed E-state index contributed by atoms with van der Waals surface area (Å²) in [6.45, 7) is 3.53. The molecule has 1 unspecified atom stereocenters. The van der Waals surface area contributed by atoms with Crippen molar-refractivity contribution in [1.29, 1.82) is 0 Å². The first-order valence-electron chi connectivity index (χ1n) is 6.66. The van der Waals surface area contributed by atoms with Gasteiger partial charge in [0.25, 0.3) is 0 Å². The van der Waals surface area contributed by atoms with Gasteiger partial charge >= 0.3 is 0 Å². The summed E-state index contributed by atoms with van der Waals surface area (Å²) < 4.78 is 0. The largest absolute Gasteiger partial charge is 0.340 e. The van der Waals surface area contributed by atoms with Crippen molar-refractivity contribution < 1.29 is 9.59 Å². The van der Waals surface area contributed by atoms with Gasteiger partial charge in [0.1, 0.15) is 5.78 Å². The maximum Gasteiger partial charge on any atom is 0.223 e. The molecular formula is C13H22N2O2. The standard InChI is InChI=1S/C13H22N2O2/c1-14-6-8-15(9-7-14)13(17)10-11-4-2-3-5-12(11)16/h11H,2-10H2,1H3. The molecule has 1 aliphatic carbocycles. The second-order valence-corrected chi connectivity index (χ2v) is 5.30. The molecule has 0 aromatic rings. The summed E-state index contributed by atoms with van der Waals surface area (Å²) in [4.78, 5) is 27.9. The van der Waals surface area contributed by atoms with Crippen molar-refractivity contribution >= 4 is 11.7 Å². The Morgan fingerprint density at radius 2 is 1.94 bits per heavy atom. The number of nitrogens with zero attached hydrogens (tertiary/aromatic N) is 2. The van der Waals surface area contributed by atoms with E-state index < -0.39 is 0 Å². The molecule has 1 aliphatic heterocycles. The Hall–Kier alpha value is -0.900. The fraction of sp³-hybridized carbons (Fsp3) is 0.846. The summed E-state index contributed by atoms with van der Waals surface area (Å²) in [5.74, 6) is 0.494. The van der Waals surface area contributed by atoms with Crippen molar-refractivity contribution in [3.05, 3.63) is 0 Å². The fourth-order valence-electron chi connectivity index (χ4n) is 2.67. The maximum absolute atomic E-state index is 12.1. The highest BCUT2D eigenvalue weighted by Gasteiger charge is 2.27. The average molecular weight is 238 g/mol. The van der Waals surface area contributed by atoms with Gasteiger partial charge in [0, 0.05) is 44.9 Å². The van der Waals surface area contributed by atoms with Crippen LogP contribution in [-0.2, 0) is 9.59 Å². The van der Waals surface area contributed by atoms with Crippen LogP contribution in [0.3, 0.4) is 0 Å². The number of rotatable bonds is 2. The van der Waals surface area contributed by atoms with E-state index in [2.05, 4.69) is 11.9 Å². The maximum atomic E-state index is 12.1. The van der Waals surface area contributed by atoms with Crippen LogP contribution in [0.15, 0.2) is 0 Å². The third-order valence-electron chi connectivity index (χ3n) is 3.96. The number of carbonyl (C=O) groups is 2. The van der Waals surface area contributed by atoms with Crippen LogP contribution in [0.1, 0.15) is 32.1 Å². The quantitative estimate of drug-likeness (QED) is 0.718. The lowest BCUT2D eigenvalue weighted by atomic mass is 9.85. The predicted molar refractivity (Wildman–Crippen MR) is 65.7 cm³/mol. The summed E-state index contributed by atoms with van der Waals surface area (Å²) >= 11 is 0. The van der Waals surface area contributed by atoms with E-state index in [1.54, 1.807) is 0 Å². The zero-order valence-corrected chi connectivity index (χ0v) is 10.7. The molecule has 17 heavy (non-hydrogen) atoms. The van der Waals surface area contributed by atoms with Gasteiger partial charge in [0.15, 0.2) is 0 Å². The molecular weight excluding hydrogens is 216 g/mol. The molecule has 4 heteroatoms. The van der Waals surface area contributed by atoms with Crippen molar-refractivity contribution in [3.8, 4) is 0 Å². The summed E-state index contributed by atoms with van der Waals surface area (Å²) in [6, 6.07) is 0. The molecule has 0 aromatic carbocycles. The van der Waals surface area contributed by atoms with E-state index in [4.69, 9.17) is 0 Å². The number of carbonyl (C=O) groups excluding carboxylic acids is 2. The number of ketones is 1. The van der Waals surface area contributed by atoms with E-state index in [1.807, 2.05) is 4.90 Å². The van der Waals surface area contributed by atoms with Gasteiger partial charge < -0.3 is 9.80 Å². The topological polar surface area (TPSA) is 40.6 Å². The van der Waals surface area contributed by atoms with Gasteiger partial charge in [-0.15, -0.1) is 0 Å². The molecule has 1 saturated heterocycles. The van der Waals surface area contributed by atoms with E-state index in [-0.39, 0.29) is 11.8 Å². The van der Waals surface area contributed by atoms with Crippen molar-refractivity contribution in [3.63, 3.8) is 0 Å². The Morgan fingerprint density at radius 3 is 2.59 bits per heavy atom. The predicted octanol–water partition coefficient (Wildman–Crippen LogP) is 0.910. The van der Waals surface area contributed by atoms with Crippen LogP contribution in [0.4, 0.5) is 0 Å². The third-order valence-corrected chi connectivity index (χ3v) is 3.96. The first-order chi connectivity index (χ1) is 8.16. The first kappa shape index (κ1) is 12.6. The lowest BCUT2D eigenvalue weighted by molar-refractivity contribution is -0.137. The zero-order valence-electron chi connectivity index (χ0n) is 10.7. The molecule has 0 bridgehead atoms. The van der Waals surface area contributed by atoms with Gasteiger partial charge in [-0.25, -0.2) is 0 Å². The first-order valence-corrected chi connectivity index (χ1v) is 6.66. The van der Waals surface area contributed by atoms with Gasteiger partial charge in [-0.3, -0.25) is 9.59 Å². The van der Waals surface area contributed by atoms with E-state index in [1.165, 1.54) is 0 Å². The van der Waals surface area contributed by atoms with Gasteiger partial charge in [-0.05, 0) is 19.9 Å². The van der Waals surface area contributed by atoms with Gasteiger partial charge in [-0.2, -0.15) is 0 Å². The Labute approximate surface area is 103 Å². The average Bonchev–Trinajstić information content (AvgIpc) is 2.33. The van der Waals surface area contributed by atoms with Crippen LogP contribution in [0.25, 0.3) is 0 Å². The smallest absolute Gasteiger partial charge is 0.223 e. The Kier molecular flexibility index (Phi) is 4.15. The van der Waals surface area contributed by atoms with Crippen LogP contribution >= 0.6 is 0 Å².